The van der Waals surface area contributed by atoms with Gasteiger partial charge in [-0.3, -0.25) is 0 Å². The van der Waals surface area contributed by atoms with Crippen LogP contribution in [0.15, 0.2) is 64.2 Å². The van der Waals surface area contributed by atoms with Gasteiger partial charge >= 0.3 is 0 Å². The monoisotopic (exact) mass is 286 g/mol. The molecule has 1 heterocycles. The number of nitriles is 1. The van der Waals surface area contributed by atoms with Crippen LogP contribution < -0.4 is 0 Å². The Bertz CT molecular complexity index is 748. The molecule has 0 unspecified atom stereocenters. The smallest absolute Gasteiger partial charge is 0.218 e. The summed E-state index contributed by atoms with van der Waals surface area (Å²) in [7, 11) is -2.10. The Morgan fingerprint density at radius 1 is 1.20 bits per heavy atom. The second kappa shape index (κ2) is 5.35. The van der Waals surface area contributed by atoms with Crippen LogP contribution in [0.1, 0.15) is 5.56 Å². The third-order valence-corrected chi connectivity index (χ3v) is 4.72. The third-order valence-electron chi connectivity index (χ3n) is 2.99. The first-order valence-electron chi connectivity index (χ1n) is 6.00. The quantitative estimate of drug-likeness (QED) is 0.784. The number of hydrogen-bond donors (Lipinski definition) is 0. The average molecular weight is 286 g/mol. The standard InChI is InChI=1S/C15H14N2O2S/c1-12-6-8-13(9-7-12)20(18,19)15(11-16)14-5-3-4-10-17(14)2/h3-10H,1-2H3. The predicted octanol–water partition coefficient (Wildman–Crippen LogP) is 2.52. The number of aryl methyl sites for hydroxylation is 1. The first kappa shape index (κ1) is 14.1. The van der Waals surface area contributed by atoms with Crippen LogP contribution in [-0.2, 0) is 9.84 Å². The van der Waals surface area contributed by atoms with Gasteiger partial charge in [0.2, 0.25) is 9.84 Å². The molecule has 0 fully saturated rings. The Balaban J connectivity index is 2.60. The van der Waals surface area contributed by atoms with Crippen molar-refractivity contribution in [2.75, 3.05) is 7.05 Å². The number of rotatable bonds is 2. The normalized spacial score (nSPS) is 16.9. The first-order valence-corrected chi connectivity index (χ1v) is 7.49. The number of benzene rings is 1. The van der Waals surface area contributed by atoms with Gasteiger partial charge in [-0.1, -0.05) is 23.8 Å². The third kappa shape index (κ3) is 2.51. The van der Waals surface area contributed by atoms with Crippen LogP contribution in [0.4, 0.5) is 0 Å². The molecule has 2 rings (SSSR count). The highest BCUT2D eigenvalue weighted by atomic mass is 32.2. The summed E-state index contributed by atoms with van der Waals surface area (Å²) in [4.78, 5) is 1.50. The zero-order chi connectivity index (χ0) is 14.8. The van der Waals surface area contributed by atoms with E-state index in [1.54, 1.807) is 48.5 Å². The van der Waals surface area contributed by atoms with Crippen molar-refractivity contribution < 1.29 is 8.42 Å². The van der Waals surface area contributed by atoms with E-state index in [1.807, 2.05) is 13.0 Å². The molecule has 102 valence electrons. The number of likely N-dealkylation sites (N-methyl/N-ethyl adjacent to an activating group) is 1. The minimum atomic E-state index is -3.81. The Kier molecular flexibility index (Phi) is 3.77. The van der Waals surface area contributed by atoms with Gasteiger partial charge in [0.1, 0.15) is 6.07 Å². The molecule has 5 heteroatoms. The molecule has 0 aliphatic carbocycles. The second-order valence-corrected chi connectivity index (χ2v) is 6.34. The summed E-state index contributed by atoms with van der Waals surface area (Å²) in [5.74, 6) is 0. The fourth-order valence-electron chi connectivity index (χ4n) is 1.85. The molecule has 0 bridgehead atoms. The lowest BCUT2D eigenvalue weighted by Gasteiger charge is -2.19. The molecule has 0 atom stereocenters. The number of hydrogen-bond acceptors (Lipinski definition) is 4. The second-order valence-electron chi connectivity index (χ2n) is 4.45. The molecule has 1 aromatic rings. The molecule has 0 saturated heterocycles. The number of sulfone groups is 1. The van der Waals surface area contributed by atoms with Gasteiger partial charge < -0.3 is 4.90 Å². The number of nitrogens with zero attached hydrogens (tertiary/aromatic N) is 2. The zero-order valence-corrected chi connectivity index (χ0v) is 12.1. The van der Waals surface area contributed by atoms with E-state index in [2.05, 4.69) is 0 Å². The molecule has 0 aromatic heterocycles. The Labute approximate surface area is 118 Å². The van der Waals surface area contributed by atoms with Gasteiger partial charge in [-0.25, -0.2) is 8.42 Å². The Morgan fingerprint density at radius 2 is 1.85 bits per heavy atom. The van der Waals surface area contributed by atoms with Crippen LogP contribution in [0.25, 0.3) is 0 Å². The van der Waals surface area contributed by atoms with Crippen molar-refractivity contribution in [3.05, 3.63) is 64.9 Å². The Hall–Kier alpha value is -2.32. The summed E-state index contributed by atoms with van der Waals surface area (Å²) >= 11 is 0. The van der Waals surface area contributed by atoms with Crippen molar-refractivity contribution in [1.82, 2.24) is 4.90 Å². The molecule has 1 aromatic carbocycles. The largest absolute Gasteiger partial charge is 0.349 e. The van der Waals surface area contributed by atoms with Gasteiger partial charge in [-0.05, 0) is 31.2 Å². The molecular formula is C15H14N2O2S. The SMILES string of the molecule is Cc1ccc(S(=O)(=O)C(C#N)=C2C=CC=CN2C)cc1. The lowest BCUT2D eigenvalue weighted by molar-refractivity contribution is 0.574. The Morgan fingerprint density at radius 3 is 2.40 bits per heavy atom. The van der Waals surface area contributed by atoms with E-state index >= 15 is 0 Å². The summed E-state index contributed by atoms with van der Waals surface area (Å²) in [5, 5.41) is 9.28. The molecule has 0 amide bonds. The van der Waals surface area contributed by atoms with Crippen molar-refractivity contribution in [3.63, 3.8) is 0 Å². The molecule has 0 saturated carbocycles. The van der Waals surface area contributed by atoms with Crippen LogP contribution in [0.2, 0.25) is 0 Å². The van der Waals surface area contributed by atoms with Gasteiger partial charge in [0, 0.05) is 13.2 Å². The molecule has 0 spiro atoms. The maximum absolute atomic E-state index is 12.6. The van der Waals surface area contributed by atoms with E-state index in [0.29, 0.717) is 5.70 Å². The van der Waals surface area contributed by atoms with Crippen molar-refractivity contribution in [3.8, 4) is 6.07 Å². The van der Waals surface area contributed by atoms with Gasteiger partial charge in [0.05, 0.1) is 10.6 Å². The lowest BCUT2D eigenvalue weighted by atomic mass is 10.2. The number of allylic oxidation sites excluding steroid dienone is 4. The minimum absolute atomic E-state index is 0.128. The molecule has 4 nitrogen and oxygen atoms in total. The highest BCUT2D eigenvalue weighted by Crippen LogP contribution is 2.25. The summed E-state index contributed by atoms with van der Waals surface area (Å²) in [6.07, 6.45) is 6.80. The minimum Gasteiger partial charge on any atom is -0.349 e. The molecule has 20 heavy (non-hydrogen) atoms. The van der Waals surface area contributed by atoms with Crippen LogP contribution in [0.3, 0.4) is 0 Å². The topological polar surface area (TPSA) is 61.2 Å². The van der Waals surface area contributed by atoms with Gasteiger partial charge in [0.25, 0.3) is 0 Å². The van der Waals surface area contributed by atoms with Crippen molar-refractivity contribution in [2.24, 2.45) is 0 Å². The van der Waals surface area contributed by atoms with E-state index in [-0.39, 0.29) is 9.80 Å². The summed E-state index contributed by atoms with van der Waals surface area (Å²) in [5.41, 5.74) is 1.34. The van der Waals surface area contributed by atoms with Crippen LogP contribution in [0.5, 0.6) is 0 Å². The lowest BCUT2D eigenvalue weighted by Crippen LogP contribution is -2.17. The summed E-state index contributed by atoms with van der Waals surface area (Å²) < 4.78 is 25.1. The highest BCUT2D eigenvalue weighted by molar-refractivity contribution is 7.95. The van der Waals surface area contributed by atoms with Crippen LogP contribution in [-0.4, -0.2) is 20.4 Å². The van der Waals surface area contributed by atoms with Crippen molar-refractivity contribution >= 4 is 9.84 Å². The van der Waals surface area contributed by atoms with Gasteiger partial charge in [0.15, 0.2) is 4.91 Å². The molecule has 1 aliphatic rings. The molecular weight excluding hydrogens is 272 g/mol. The van der Waals surface area contributed by atoms with E-state index in [4.69, 9.17) is 0 Å². The average Bonchev–Trinajstić information content (AvgIpc) is 2.42. The van der Waals surface area contributed by atoms with Crippen LogP contribution >= 0.6 is 0 Å². The maximum atomic E-state index is 12.6. The molecule has 0 N–H and O–H groups in total. The molecule has 0 radical (unpaired) electrons. The van der Waals surface area contributed by atoms with E-state index in [0.717, 1.165) is 5.56 Å². The van der Waals surface area contributed by atoms with Crippen molar-refractivity contribution in [2.45, 2.75) is 11.8 Å². The predicted molar refractivity (Wildman–Crippen MR) is 77.0 cm³/mol. The fourth-order valence-corrected chi connectivity index (χ4v) is 3.19. The summed E-state index contributed by atoms with van der Waals surface area (Å²) in [6, 6.07) is 8.29. The summed E-state index contributed by atoms with van der Waals surface area (Å²) in [6.45, 7) is 1.88. The van der Waals surface area contributed by atoms with E-state index in [1.165, 1.54) is 12.1 Å². The zero-order valence-electron chi connectivity index (χ0n) is 11.2. The fraction of sp³-hybridized carbons (Fsp3) is 0.133. The first-order chi connectivity index (χ1) is 9.46. The van der Waals surface area contributed by atoms with E-state index < -0.39 is 9.84 Å². The maximum Gasteiger partial charge on any atom is 0.218 e. The van der Waals surface area contributed by atoms with E-state index in [9.17, 15) is 13.7 Å². The van der Waals surface area contributed by atoms with Gasteiger partial charge in [-0.2, -0.15) is 5.26 Å². The molecule has 1 aliphatic heterocycles. The van der Waals surface area contributed by atoms with Crippen LogP contribution in [0, 0.1) is 18.3 Å². The van der Waals surface area contributed by atoms with Crippen molar-refractivity contribution in [1.29, 1.82) is 5.26 Å². The van der Waals surface area contributed by atoms with Gasteiger partial charge in [-0.15, -0.1) is 0 Å². The highest BCUT2D eigenvalue weighted by Gasteiger charge is 2.25.